The molecule has 0 aromatic heterocycles. The maximum absolute atomic E-state index is 13.0. The summed E-state index contributed by atoms with van der Waals surface area (Å²) in [5.74, 6) is 0.284. The zero-order valence-corrected chi connectivity index (χ0v) is 17.9. The summed E-state index contributed by atoms with van der Waals surface area (Å²) >= 11 is 0. The number of hydrogen-bond acceptors (Lipinski definition) is 6. The fraction of sp³-hybridized carbons (Fsp3) is 0.381. The van der Waals surface area contributed by atoms with Gasteiger partial charge in [0.25, 0.3) is 0 Å². The average Bonchev–Trinajstić information content (AvgIpc) is 2.74. The van der Waals surface area contributed by atoms with Gasteiger partial charge in [-0.3, -0.25) is 11.1 Å². The molecule has 2 aromatic rings. The Kier molecular flexibility index (Phi) is 6.64. The SMILES string of the molecule is CCc1ccc(NC(=O)OC2(N)CCN(S(=O)(=O)c3ccccc3OC)CC2)cc1. The first kappa shape index (κ1) is 22.1. The molecule has 0 saturated carbocycles. The molecule has 1 aliphatic rings. The van der Waals surface area contributed by atoms with Gasteiger partial charge >= 0.3 is 6.09 Å². The molecule has 1 aliphatic heterocycles. The minimum absolute atomic E-state index is 0.103. The Morgan fingerprint density at radius 1 is 1.13 bits per heavy atom. The fourth-order valence-corrected chi connectivity index (χ4v) is 4.93. The van der Waals surface area contributed by atoms with Gasteiger partial charge in [0.1, 0.15) is 10.6 Å². The van der Waals surface area contributed by atoms with Crippen LogP contribution in [0.2, 0.25) is 0 Å². The molecule has 0 bridgehead atoms. The van der Waals surface area contributed by atoms with E-state index in [9.17, 15) is 13.2 Å². The highest BCUT2D eigenvalue weighted by Crippen LogP contribution is 2.30. The lowest BCUT2D eigenvalue weighted by Crippen LogP contribution is -2.54. The summed E-state index contributed by atoms with van der Waals surface area (Å²) < 4.78 is 37.9. The first-order valence-electron chi connectivity index (χ1n) is 9.78. The number of methoxy groups -OCH3 is 1. The highest BCUT2D eigenvalue weighted by Gasteiger charge is 2.39. The molecule has 1 heterocycles. The van der Waals surface area contributed by atoms with Crippen molar-refractivity contribution in [1.82, 2.24) is 4.31 Å². The monoisotopic (exact) mass is 433 g/mol. The van der Waals surface area contributed by atoms with Gasteiger partial charge in [0.2, 0.25) is 10.0 Å². The Hall–Kier alpha value is -2.62. The van der Waals surface area contributed by atoms with Gasteiger partial charge in [-0.25, -0.2) is 13.2 Å². The van der Waals surface area contributed by atoms with Crippen LogP contribution in [-0.2, 0) is 21.2 Å². The number of para-hydroxylation sites is 1. The number of sulfonamides is 1. The van der Waals surface area contributed by atoms with Crippen LogP contribution in [0.25, 0.3) is 0 Å². The molecular weight excluding hydrogens is 406 g/mol. The predicted molar refractivity (Wildman–Crippen MR) is 114 cm³/mol. The molecule has 1 fully saturated rings. The first-order chi connectivity index (χ1) is 14.3. The van der Waals surface area contributed by atoms with Gasteiger partial charge in [-0.1, -0.05) is 31.2 Å². The molecule has 9 heteroatoms. The second-order valence-electron chi connectivity index (χ2n) is 7.18. The number of amides is 1. The fourth-order valence-electron chi connectivity index (χ4n) is 3.33. The van der Waals surface area contributed by atoms with Gasteiger partial charge in [0, 0.05) is 31.6 Å². The van der Waals surface area contributed by atoms with Gasteiger partial charge < -0.3 is 9.47 Å². The minimum atomic E-state index is -3.74. The summed E-state index contributed by atoms with van der Waals surface area (Å²) in [6.07, 6.45) is 0.612. The number of carbonyl (C=O) groups is 1. The van der Waals surface area contributed by atoms with E-state index >= 15 is 0 Å². The van der Waals surface area contributed by atoms with Crippen LogP contribution in [0.5, 0.6) is 5.75 Å². The molecule has 8 nitrogen and oxygen atoms in total. The lowest BCUT2D eigenvalue weighted by Gasteiger charge is -2.37. The number of rotatable bonds is 6. The molecule has 0 spiro atoms. The van der Waals surface area contributed by atoms with E-state index in [1.165, 1.54) is 17.5 Å². The van der Waals surface area contributed by atoms with Crippen molar-refractivity contribution in [3.63, 3.8) is 0 Å². The molecule has 0 atom stereocenters. The maximum Gasteiger partial charge on any atom is 0.413 e. The van der Waals surface area contributed by atoms with Gasteiger partial charge in [0.05, 0.1) is 7.11 Å². The van der Waals surface area contributed by atoms with Crippen LogP contribution in [0.1, 0.15) is 25.3 Å². The number of aryl methyl sites for hydroxylation is 1. The van der Waals surface area contributed by atoms with E-state index in [1.54, 1.807) is 30.3 Å². The Morgan fingerprint density at radius 3 is 2.37 bits per heavy atom. The molecule has 0 unspecified atom stereocenters. The number of ether oxygens (including phenoxy) is 2. The lowest BCUT2D eigenvalue weighted by atomic mass is 10.0. The Balaban J connectivity index is 1.61. The number of hydrogen-bond donors (Lipinski definition) is 2. The summed E-state index contributed by atoms with van der Waals surface area (Å²) in [5.41, 5.74) is 6.76. The quantitative estimate of drug-likeness (QED) is 0.678. The predicted octanol–water partition coefficient (Wildman–Crippen LogP) is 2.95. The van der Waals surface area contributed by atoms with Crippen LogP contribution in [0.15, 0.2) is 53.4 Å². The van der Waals surface area contributed by atoms with E-state index in [2.05, 4.69) is 12.2 Å². The summed E-state index contributed by atoms with van der Waals surface area (Å²) in [4.78, 5) is 12.4. The van der Waals surface area contributed by atoms with Crippen molar-refractivity contribution in [2.24, 2.45) is 5.73 Å². The average molecular weight is 434 g/mol. The van der Waals surface area contributed by atoms with E-state index in [-0.39, 0.29) is 36.6 Å². The normalized spacial score (nSPS) is 16.6. The number of anilines is 1. The number of nitrogens with one attached hydrogen (secondary N) is 1. The molecule has 0 radical (unpaired) electrons. The molecule has 162 valence electrons. The van der Waals surface area contributed by atoms with Crippen molar-refractivity contribution in [3.05, 3.63) is 54.1 Å². The molecule has 0 aliphatic carbocycles. The number of nitrogens with two attached hydrogens (primary N) is 1. The van der Waals surface area contributed by atoms with E-state index in [1.807, 2.05) is 12.1 Å². The summed E-state index contributed by atoms with van der Waals surface area (Å²) in [7, 11) is -2.31. The van der Waals surface area contributed by atoms with Crippen molar-refractivity contribution in [1.29, 1.82) is 0 Å². The van der Waals surface area contributed by atoms with Crippen LogP contribution in [0, 0.1) is 0 Å². The van der Waals surface area contributed by atoms with Crippen molar-refractivity contribution in [2.45, 2.75) is 36.8 Å². The smallest absolute Gasteiger partial charge is 0.413 e. The van der Waals surface area contributed by atoms with Crippen LogP contribution < -0.4 is 15.8 Å². The highest BCUT2D eigenvalue weighted by atomic mass is 32.2. The number of carbonyl (C=O) groups excluding carboxylic acids is 1. The lowest BCUT2D eigenvalue weighted by molar-refractivity contribution is -0.0116. The minimum Gasteiger partial charge on any atom is -0.495 e. The molecule has 1 amide bonds. The van der Waals surface area contributed by atoms with Crippen LogP contribution in [0.3, 0.4) is 0 Å². The summed E-state index contributed by atoms with van der Waals surface area (Å²) in [5, 5.41) is 2.66. The zero-order chi connectivity index (χ0) is 21.8. The molecule has 1 saturated heterocycles. The maximum atomic E-state index is 13.0. The number of benzene rings is 2. The third-order valence-electron chi connectivity index (χ3n) is 5.16. The Morgan fingerprint density at radius 2 is 1.77 bits per heavy atom. The Labute approximate surface area is 177 Å². The van der Waals surface area contributed by atoms with Gasteiger partial charge in [-0.2, -0.15) is 4.31 Å². The van der Waals surface area contributed by atoms with E-state index in [0.29, 0.717) is 5.69 Å². The first-order valence-corrected chi connectivity index (χ1v) is 11.2. The Bertz CT molecular complexity index is 984. The summed E-state index contributed by atoms with van der Waals surface area (Å²) in [6, 6.07) is 13.9. The van der Waals surface area contributed by atoms with Crippen molar-refractivity contribution >= 4 is 21.8 Å². The van der Waals surface area contributed by atoms with Gasteiger partial charge in [0.15, 0.2) is 5.72 Å². The van der Waals surface area contributed by atoms with E-state index in [4.69, 9.17) is 15.2 Å². The second-order valence-corrected chi connectivity index (χ2v) is 9.09. The van der Waals surface area contributed by atoms with Crippen molar-refractivity contribution in [3.8, 4) is 5.75 Å². The van der Waals surface area contributed by atoms with Crippen molar-refractivity contribution < 1.29 is 22.7 Å². The van der Waals surface area contributed by atoms with Crippen LogP contribution in [0.4, 0.5) is 10.5 Å². The highest BCUT2D eigenvalue weighted by molar-refractivity contribution is 7.89. The number of piperidine rings is 1. The van der Waals surface area contributed by atoms with Crippen LogP contribution >= 0.6 is 0 Å². The van der Waals surface area contributed by atoms with Crippen LogP contribution in [-0.4, -0.2) is 44.7 Å². The topological polar surface area (TPSA) is 111 Å². The van der Waals surface area contributed by atoms with E-state index in [0.717, 1.165) is 12.0 Å². The van der Waals surface area contributed by atoms with Crippen molar-refractivity contribution in [2.75, 3.05) is 25.5 Å². The van der Waals surface area contributed by atoms with Gasteiger partial charge in [-0.05, 0) is 36.2 Å². The summed E-state index contributed by atoms with van der Waals surface area (Å²) in [6.45, 7) is 2.32. The standard InChI is InChI=1S/C21H27N3O5S/c1-3-16-8-10-17(11-9-16)23-20(25)29-21(22)12-14-24(15-13-21)30(26,27)19-7-5-4-6-18(19)28-2/h4-11H,3,12-15,22H2,1-2H3,(H,23,25). The molecule has 30 heavy (non-hydrogen) atoms. The van der Waals surface area contributed by atoms with Gasteiger partial charge in [-0.15, -0.1) is 0 Å². The second kappa shape index (κ2) is 9.03. The zero-order valence-electron chi connectivity index (χ0n) is 17.1. The van der Waals surface area contributed by atoms with E-state index < -0.39 is 21.8 Å². The third-order valence-corrected chi connectivity index (χ3v) is 7.10. The third kappa shape index (κ3) is 4.92. The number of nitrogens with zero attached hydrogens (tertiary/aromatic N) is 1. The molecule has 2 aromatic carbocycles. The largest absolute Gasteiger partial charge is 0.495 e. The molecule has 3 N–H and O–H groups in total. The molecule has 3 rings (SSSR count). The molecular formula is C21H27N3O5S.